The van der Waals surface area contributed by atoms with Crippen molar-refractivity contribution in [1.82, 2.24) is 0 Å². The molecule has 0 spiro atoms. The maximum absolute atomic E-state index is 5.61. The lowest BCUT2D eigenvalue weighted by Gasteiger charge is -2.36. The first-order chi connectivity index (χ1) is 9.13. The fraction of sp³-hybridized carbons (Fsp3) is 0.600. The summed E-state index contributed by atoms with van der Waals surface area (Å²) in [6.07, 6.45) is 3.99. The minimum atomic E-state index is 0.340. The molecule has 0 aromatic heterocycles. The van der Waals surface area contributed by atoms with E-state index < -0.39 is 0 Å². The average Bonchev–Trinajstić information content (AvgIpc) is 2.36. The van der Waals surface area contributed by atoms with Gasteiger partial charge in [0.05, 0.1) is 13.2 Å². The van der Waals surface area contributed by atoms with Gasteiger partial charge in [0.1, 0.15) is 5.75 Å². The van der Waals surface area contributed by atoms with Crippen LogP contribution < -0.4 is 4.74 Å². The van der Waals surface area contributed by atoms with Crippen LogP contribution in [0.4, 0.5) is 0 Å². The number of alkyl halides is 1. The molecule has 4 heteroatoms. The smallest absolute Gasteiger partial charge is 0.123 e. The SMILES string of the molecule is CCOC1CC(CC(Br)c2cc(Br)ccc2OC)C1. The van der Waals surface area contributed by atoms with Gasteiger partial charge in [0, 0.05) is 21.5 Å². The van der Waals surface area contributed by atoms with Crippen molar-refractivity contribution in [1.29, 1.82) is 0 Å². The number of benzene rings is 1. The van der Waals surface area contributed by atoms with Gasteiger partial charge in [0.2, 0.25) is 0 Å². The second-order valence-electron chi connectivity index (χ2n) is 5.00. The van der Waals surface area contributed by atoms with E-state index in [9.17, 15) is 0 Å². The van der Waals surface area contributed by atoms with E-state index in [-0.39, 0.29) is 0 Å². The molecule has 1 aliphatic rings. The van der Waals surface area contributed by atoms with Crippen molar-refractivity contribution in [2.75, 3.05) is 13.7 Å². The molecule has 1 atom stereocenters. The van der Waals surface area contributed by atoms with Gasteiger partial charge in [-0.2, -0.15) is 0 Å². The zero-order valence-electron chi connectivity index (χ0n) is 11.4. The molecule has 1 unspecified atom stereocenters. The van der Waals surface area contributed by atoms with Gasteiger partial charge in [-0.3, -0.25) is 0 Å². The van der Waals surface area contributed by atoms with Crippen LogP contribution in [0.1, 0.15) is 36.6 Å². The van der Waals surface area contributed by atoms with E-state index in [1.807, 2.05) is 12.1 Å². The minimum absolute atomic E-state index is 0.340. The summed E-state index contributed by atoms with van der Waals surface area (Å²) in [4.78, 5) is 0.340. The van der Waals surface area contributed by atoms with Crippen molar-refractivity contribution < 1.29 is 9.47 Å². The van der Waals surface area contributed by atoms with Gasteiger partial charge in [0.25, 0.3) is 0 Å². The molecule has 1 fully saturated rings. The molecule has 1 aliphatic carbocycles. The molecule has 0 bridgehead atoms. The summed E-state index contributed by atoms with van der Waals surface area (Å²) in [7, 11) is 1.72. The van der Waals surface area contributed by atoms with Crippen molar-refractivity contribution >= 4 is 31.9 Å². The summed E-state index contributed by atoms with van der Waals surface area (Å²) in [5.74, 6) is 1.70. The summed E-state index contributed by atoms with van der Waals surface area (Å²) in [5.41, 5.74) is 1.22. The summed E-state index contributed by atoms with van der Waals surface area (Å²) < 4.78 is 12.1. The second-order valence-corrected chi connectivity index (χ2v) is 7.03. The van der Waals surface area contributed by atoms with E-state index >= 15 is 0 Å². The molecular weight excluding hydrogens is 372 g/mol. The van der Waals surface area contributed by atoms with Crippen LogP contribution in [-0.4, -0.2) is 19.8 Å². The third-order valence-corrected chi connectivity index (χ3v) is 5.02. The van der Waals surface area contributed by atoms with Gasteiger partial charge in [-0.15, -0.1) is 0 Å². The molecular formula is C15H20Br2O2. The standard InChI is InChI=1S/C15H20Br2O2/c1-3-19-12-6-10(7-12)8-14(17)13-9-11(16)4-5-15(13)18-2/h4-5,9-10,12,14H,3,6-8H2,1-2H3. The third kappa shape index (κ3) is 3.96. The second kappa shape index (κ2) is 7.09. The van der Waals surface area contributed by atoms with Gasteiger partial charge in [-0.1, -0.05) is 31.9 Å². The van der Waals surface area contributed by atoms with Gasteiger partial charge in [-0.05, 0) is 50.3 Å². The molecule has 2 nitrogen and oxygen atoms in total. The number of hydrogen-bond acceptors (Lipinski definition) is 2. The zero-order valence-corrected chi connectivity index (χ0v) is 14.5. The number of hydrogen-bond donors (Lipinski definition) is 0. The average molecular weight is 392 g/mol. The van der Waals surface area contributed by atoms with Crippen molar-refractivity contribution in [3.05, 3.63) is 28.2 Å². The van der Waals surface area contributed by atoms with Gasteiger partial charge in [-0.25, -0.2) is 0 Å². The lowest BCUT2D eigenvalue weighted by molar-refractivity contribution is -0.0264. The molecule has 0 amide bonds. The molecule has 106 valence electrons. The number of methoxy groups -OCH3 is 1. The normalized spacial score (nSPS) is 23.8. The highest BCUT2D eigenvalue weighted by atomic mass is 79.9. The quantitative estimate of drug-likeness (QED) is 0.628. The number of rotatable bonds is 6. The number of ether oxygens (including phenoxy) is 2. The van der Waals surface area contributed by atoms with Crippen LogP contribution in [0.3, 0.4) is 0 Å². The maximum atomic E-state index is 5.61. The summed E-state index contributed by atoms with van der Waals surface area (Å²) in [6, 6.07) is 6.16. The van der Waals surface area contributed by atoms with Crippen LogP contribution >= 0.6 is 31.9 Å². The highest BCUT2D eigenvalue weighted by molar-refractivity contribution is 9.10. The van der Waals surface area contributed by atoms with Gasteiger partial charge in [0.15, 0.2) is 0 Å². The molecule has 0 saturated heterocycles. The van der Waals surface area contributed by atoms with Crippen LogP contribution in [0, 0.1) is 5.92 Å². The first-order valence-electron chi connectivity index (χ1n) is 6.73. The summed E-state index contributed by atoms with van der Waals surface area (Å²) >= 11 is 7.33. The lowest BCUT2D eigenvalue weighted by atomic mass is 9.78. The Labute approximate surface area is 132 Å². The van der Waals surface area contributed by atoms with Crippen LogP contribution in [0.25, 0.3) is 0 Å². The third-order valence-electron chi connectivity index (χ3n) is 3.66. The Kier molecular flexibility index (Phi) is 5.72. The zero-order chi connectivity index (χ0) is 13.8. The number of halogens is 2. The van der Waals surface area contributed by atoms with Crippen LogP contribution in [-0.2, 0) is 4.74 Å². The van der Waals surface area contributed by atoms with E-state index in [2.05, 4.69) is 44.8 Å². The molecule has 1 saturated carbocycles. The van der Waals surface area contributed by atoms with E-state index in [0.717, 1.165) is 29.2 Å². The van der Waals surface area contributed by atoms with Gasteiger partial charge >= 0.3 is 0 Å². The topological polar surface area (TPSA) is 18.5 Å². The predicted molar refractivity (Wildman–Crippen MR) is 85.1 cm³/mol. The highest BCUT2D eigenvalue weighted by Gasteiger charge is 2.31. The van der Waals surface area contributed by atoms with E-state index in [1.165, 1.54) is 18.4 Å². The fourth-order valence-electron chi connectivity index (χ4n) is 2.61. The van der Waals surface area contributed by atoms with E-state index in [1.54, 1.807) is 7.11 Å². The minimum Gasteiger partial charge on any atom is -0.496 e. The summed E-state index contributed by atoms with van der Waals surface area (Å²) in [6.45, 7) is 2.89. The molecule has 0 radical (unpaired) electrons. The molecule has 1 aromatic carbocycles. The Bertz CT molecular complexity index is 417. The maximum Gasteiger partial charge on any atom is 0.123 e. The monoisotopic (exact) mass is 390 g/mol. The predicted octanol–water partition coefficient (Wildman–Crippen LogP) is 5.10. The molecule has 1 aromatic rings. The van der Waals surface area contributed by atoms with Crippen LogP contribution in [0.15, 0.2) is 22.7 Å². The Morgan fingerprint density at radius 1 is 1.37 bits per heavy atom. The Hall–Kier alpha value is -0.0600. The first kappa shape index (κ1) is 15.3. The molecule has 0 heterocycles. The van der Waals surface area contributed by atoms with E-state index in [4.69, 9.17) is 9.47 Å². The van der Waals surface area contributed by atoms with Crippen molar-refractivity contribution in [3.8, 4) is 5.75 Å². The van der Waals surface area contributed by atoms with Crippen LogP contribution in [0.5, 0.6) is 5.75 Å². The molecule has 0 aliphatic heterocycles. The summed E-state index contributed by atoms with van der Waals surface area (Å²) in [5, 5.41) is 0. The van der Waals surface area contributed by atoms with Crippen molar-refractivity contribution in [3.63, 3.8) is 0 Å². The van der Waals surface area contributed by atoms with E-state index in [0.29, 0.717) is 10.9 Å². The Morgan fingerprint density at radius 2 is 2.11 bits per heavy atom. The van der Waals surface area contributed by atoms with Crippen LogP contribution in [0.2, 0.25) is 0 Å². The Balaban J connectivity index is 1.93. The van der Waals surface area contributed by atoms with Crippen molar-refractivity contribution in [2.24, 2.45) is 5.92 Å². The lowest BCUT2D eigenvalue weighted by Crippen LogP contribution is -2.31. The molecule has 19 heavy (non-hydrogen) atoms. The largest absolute Gasteiger partial charge is 0.496 e. The van der Waals surface area contributed by atoms with Crippen molar-refractivity contribution in [2.45, 2.75) is 37.1 Å². The van der Waals surface area contributed by atoms with Gasteiger partial charge < -0.3 is 9.47 Å². The first-order valence-corrected chi connectivity index (χ1v) is 8.44. The highest BCUT2D eigenvalue weighted by Crippen LogP contribution is 2.43. The molecule has 2 rings (SSSR count). The molecule has 0 N–H and O–H groups in total. The fourth-order valence-corrected chi connectivity index (χ4v) is 3.87. The Morgan fingerprint density at radius 3 is 2.74 bits per heavy atom.